The Morgan fingerprint density at radius 3 is 2.38 bits per heavy atom. The van der Waals surface area contributed by atoms with E-state index in [1.807, 2.05) is 0 Å². The minimum Gasteiger partial charge on any atom is -0.497 e. The van der Waals surface area contributed by atoms with Crippen molar-refractivity contribution in [3.8, 4) is 11.5 Å². The van der Waals surface area contributed by atoms with Crippen molar-refractivity contribution in [3.63, 3.8) is 0 Å². The van der Waals surface area contributed by atoms with Gasteiger partial charge in [-0.15, -0.1) is 0 Å². The molecule has 1 N–H and O–H groups in total. The quantitative estimate of drug-likeness (QED) is 0.736. The molecule has 0 aromatic heterocycles. The molecule has 1 atom stereocenters. The normalized spacial score (nSPS) is 11.4. The fourth-order valence-electron chi connectivity index (χ4n) is 1.58. The topological polar surface area (TPSA) is 73.9 Å². The molecule has 1 aromatic rings. The van der Waals surface area contributed by atoms with Gasteiger partial charge >= 0.3 is 5.97 Å². The Labute approximate surface area is 124 Å². The summed E-state index contributed by atoms with van der Waals surface area (Å²) in [6, 6.07) is 6.95. The van der Waals surface area contributed by atoms with E-state index in [4.69, 9.17) is 14.2 Å². The Balaban J connectivity index is 2.34. The number of nitrogens with one attached hydrogen (secondary N) is 1. The number of carbonyl (C=O) groups is 2. The minimum absolute atomic E-state index is 0.148. The first-order valence-corrected chi connectivity index (χ1v) is 6.80. The van der Waals surface area contributed by atoms with E-state index in [1.54, 1.807) is 45.2 Å². The van der Waals surface area contributed by atoms with Crippen LogP contribution in [0.1, 0.15) is 20.3 Å². The van der Waals surface area contributed by atoms with Crippen LogP contribution in [-0.2, 0) is 14.3 Å². The molecule has 0 radical (unpaired) electrons. The van der Waals surface area contributed by atoms with E-state index in [1.165, 1.54) is 0 Å². The van der Waals surface area contributed by atoms with Gasteiger partial charge in [0.05, 0.1) is 20.1 Å². The average Bonchev–Trinajstić information content (AvgIpc) is 2.48. The number of rotatable bonds is 8. The molecular formula is C15H21NO5. The third-order valence-corrected chi connectivity index (χ3v) is 2.68. The number of esters is 1. The van der Waals surface area contributed by atoms with Gasteiger partial charge in [0, 0.05) is 6.54 Å². The Morgan fingerprint density at radius 2 is 1.81 bits per heavy atom. The van der Waals surface area contributed by atoms with Crippen molar-refractivity contribution >= 4 is 11.9 Å². The summed E-state index contributed by atoms with van der Waals surface area (Å²) in [6.07, 6.45) is -0.505. The highest BCUT2D eigenvalue weighted by molar-refractivity contribution is 5.81. The molecule has 0 heterocycles. The van der Waals surface area contributed by atoms with Crippen LogP contribution in [0, 0.1) is 0 Å². The van der Waals surface area contributed by atoms with Crippen LogP contribution in [0.15, 0.2) is 24.3 Å². The van der Waals surface area contributed by atoms with Crippen molar-refractivity contribution in [3.05, 3.63) is 24.3 Å². The second kappa shape index (κ2) is 8.84. The van der Waals surface area contributed by atoms with Gasteiger partial charge in [0.1, 0.15) is 11.5 Å². The van der Waals surface area contributed by atoms with Crippen molar-refractivity contribution in [2.45, 2.75) is 26.4 Å². The zero-order valence-electron chi connectivity index (χ0n) is 12.5. The predicted octanol–water partition coefficient (Wildman–Crippen LogP) is 1.53. The zero-order chi connectivity index (χ0) is 15.7. The maximum Gasteiger partial charge on any atom is 0.307 e. The fourth-order valence-corrected chi connectivity index (χ4v) is 1.58. The highest BCUT2D eigenvalue weighted by Gasteiger charge is 2.14. The van der Waals surface area contributed by atoms with Gasteiger partial charge in [0.25, 0.3) is 5.91 Å². The average molecular weight is 295 g/mol. The van der Waals surface area contributed by atoms with Crippen molar-refractivity contribution in [1.29, 1.82) is 0 Å². The first-order chi connectivity index (χ1) is 10.1. The predicted molar refractivity (Wildman–Crippen MR) is 77.3 cm³/mol. The van der Waals surface area contributed by atoms with Crippen LogP contribution in [0.25, 0.3) is 0 Å². The third kappa shape index (κ3) is 6.16. The highest BCUT2D eigenvalue weighted by Crippen LogP contribution is 2.18. The number of benzene rings is 1. The summed E-state index contributed by atoms with van der Waals surface area (Å²) in [5.41, 5.74) is 0. The van der Waals surface area contributed by atoms with Crippen molar-refractivity contribution in [2.24, 2.45) is 0 Å². The molecular weight excluding hydrogens is 274 g/mol. The first kappa shape index (κ1) is 16.8. The molecule has 1 aromatic carbocycles. The van der Waals surface area contributed by atoms with Crippen LogP contribution < -0.4 is 14.8 Å². The van der Waals surface area contributed by atoms with Gasteiger partial charge in [-0.2, -0.15) is 0 Å². The lowest BCUT2D eigenvalue weighted by atomic mass is 10.3. The second-order valence-corrected chi connectivity index (χ2v) is 4.28. The van der Waals surface area contributed by atoms with Crippen molar-refractivity contribution in [2.75, 3.05) is 20.3 Å². The summed E-state index contributed by atoms with van der Waals surface area (Å²) in [6.45, 7) is 3.95. The molecule has 0 aliphatic rings. The van der Waals surface area contributed by atoms with Gasteiger partial charge in [-0.05, 0) is 38.1 Å². The first-order valence-electron chi connectivity index (χ1n) is 6.80. The Bertz CT molecular complexity index is 458. The molecule has 0 saturated carbocycles. The molecule has 6 heteroatoms. The van der Waals surface area contributed by atoms with Crippen molar-refractivity contribution < 1.29 is 23.8 Å². The Kier molecular flexibility index (Phi) is 7.08. The lowest BCUT2D eigenvalue weighted by molar-refractivity contribution is -0.143. The second-order valence-electron chi connectivity index (χ2n) is 4.28. The summed E-state index contributed by atoms with van der Waals surface area (Å²) < 4.78 is 15.3. The number of hydrogen-bond acceptors (Lipinski definition) is 5. The Hall–Kier alpha value is -2.24. The summed E-state index contributed by atoms with van der Waals surface area (Å²) in [4.78, 5) is 22.9. The number of ether oxygens (including phenoxy) is 3. The molecule has 0 bridgehead atoms. The van der Waals surface area contributed by atoms with Crippen LogP contribution in [0.2, 0.25) is 0 Å². The van der Waals surface area contributed by atoms with E-state index >= 15 is 0 Å². The van der Waals surface area contributed by atoms with Crippen LogP contribution in [0.5, 0.6) is 11.5 Å². The minimum atomic E-state index is -0.652. The van der Waals surface area contributed by atoms with Gasteiger partial charge in [0.15, 0.2) is 6.10 Å². The standard InChI is InChI=1S/C15H21NO5/c1-4-20-14(17)9-10-16-15(18)11(2)21-13-7-5-12(19-3)6-8-13/h5-8,11H,4,9-10H2,1-3H3,(H,16,18). The van der Waals surface area contributed by atoms with Crippen LogP contribution in [0.3, 0.4) is 0 Å². The van der Waals surface area contributed by atoms with Crippen LogP contribution >= 0.6 is 0 Å². The molecule has 0 aliphatic carbocycles. The number of carbonyl (C=O) groups excluding carboxylic acids is 2. The molecule has 1 amide bonds. The largest absolute Gasteiger partial charge is 0.497 e. The molecule has 116 valence electrons. The van der Waals surface area contributed by atoms with E-state index in [2.05, 4.69) is 5.32 Å². The van der Waals surface area contributed by atoms with Gasteiger partial charge in [0.2, 0.25) is 0 Å². The maximum atomic E-state index is 11.8. The number of hydrogen-bond donors (Lipinski definition) is 1. The zero-order valence-corrected chi connectivity index (χ0v) is 12.5. The molecule has 6 nitrogen and oxygen atoms in total. The highest BCUT2D eigenvalue weighted by atomic mass is 16.5. The lowest BCUT2D eigenvalue weighted by Crippen LogP contribution is -2.37. The van der Waals surface area contributed by atoms with E-state index in [0.29, 0.717) is 18.1 Å². The summed E-state index contributed by atoms with van der Waals surface area (Å²) >= 11 is 0. The van der Waals surface area contributed by atoms with Gasteiger partial charge in [-0.3, -0.25) is 9.59 Å². The molecule has 21 heavy (non-hydrogen) atoms. The molecule has 0 aliphatic heterocycles. The fraction of sp³-hybridized carbons (Fsp3) is 0.467. The van der Waals surface area contributed by atoms with Crippen LogP contribution in [0.4, 0.5) is 0 Å². The molecule has 1 unspecified atom stereocenters. The van der Waals surface area contributed by atoms with Crippen LogP contribution in [-0.4, -0.2) is 38.2 Å². The van der Waals surface area contributed by atoms with Gasteiger partial charge < -0.3 is 19.5 Å². The number of amides is 1. The van der Waals surface area contributed by atoms with E-state index in [9.17, 15) is 9.59 Å². The molecule has 0 saturated heterocycles. The monoisotopic (exact) mass is 295 g/mol. The third-order valence-electron chi connectivity index (χ3n) is 2.68. The summed E-state index contributed by atoms with van der Waals surface area (Å²) in [5.74, 6) is 0.675. The SMILES string of the molecule is CCOC(=O)CCNC(=O)C(C)Oc1ccc(OC)cc1. The van der Waals surface area contributed by atoms with Crippen molar-refractivity contribution in [1.82, 2.24) is 5.32 Å². The summed E-state index contributed by atoms with van der Waals surface area (Å²) in [5, 5.41) is 2.63. The van der Waals surface area contributed by atoms with Gasteiger partial charge in [-0.1, -0.05) is 0 Å². The van der Waals surface area contributed by atoms with E-state index in [0.717, 1.165) is 0 Å². The van der Waals surface area contributed by atoms with Gasteiger partial charge in [-0.25, -0.2) is 0 Å². The van der Waals surface area contributed by atoms with E-state index < -0.39 is 6.10 Å². The Morgan fingerprint density at radius 1 is 1.19 bits per heavy atom. The van der Waals surface area contributed by atoms with E-state index in [-0.39, 0.29) is 24.8 Å². The maximum absolute atomic E-state index is 11.8. The molecule has 0 spiro atoms. The number of methoxy groups -OCH3 is 1. The molecule has 1 rings (SSSR count). The summed E-state index contributed by atoms with van der Waals surface area (Å²) in [7, 11) is 1.58. The molecule has 0 fully saturated rings. The smallest absolute Gasteiger partial charge is 0.307 e. The lowest BCUT2D eigenvalue weighted by Gasteiger charge is -2.14.